The summed E-state index contributed by atoms with van der Waals surface area (Å²) in [6.07, 6.45) is 0. The van der Waals surface area contributed by atoms with E-state index in [1.165, 1.54) is 12.1 Å². The van der Waals surface area contributed by atoms with Crippen LogP contribution < -0.4 is 15.4 Å². The van der Waals surface area contributed by atoms with Gasteiger partial charge in [-0.15, -0.1) is 12.4 Å². The molecule has 0 aliphatic carbocycles. The van der Waals surface area contributed by atoms with E-state index in [1.807, 2.05) is 13.0 Å². The maximum Gasteiger partial charge on any atom is 0.261 e. The van der Waals surface area contributed by atoms with E-state index in [0.717, 1.165) is 18.7 Å². The van der Waals surface area contributed by atoms with Gasteiger partial charge in [0.1, 0.15) is 0 Å². The maximum atomic E-state index is 12.6. The summed E-state index contributed by atoms with van der Waals surface area (Å²) in [6, 6.07) is 13.2. The van der Waals surface area contributed by atoms with Crippen LogP contribution in [0.15, 0.2) is 53.4 Å². The summed E-state index contributed by atoms with van der Waals surface area (Å²) < 4.78 is 27.7. The van der Waals surface area contributed by atoms with E-state index in [-0.39, 0.29) is 23.2 Å². The van der Waals surface area contributed by atoms with Crippen molar-refractivity contribution in [2.24, 2.45) is 5.92 Å². The number of amides is 1. The molecule has 0 bridgehead atoms. The highest BCUT2D eigenvalue weighted by Crippen LogP contribution is 2.18. The number of benzene rings is 2. The number of rotatable bonds is 6. The van der Waals surface area contributed by atoms with Crippen LogP contribution in [0.25, 0.3) is 0 Å². The van der Waals surface area contributed by atoms with Crippen molar-refractivity contribution in [2.45, 2.75) is 11.8 Å². The van der Waals surface area contributed by atoms with Crippen LogP contribution in [0.2, 0.25) is 0 Å². The summed E-state index contributed by atoms with van der Waals surface area (Å²) in [6.45, 7) is 4.27. The van der Waals surface area contributed by atoms with Crippen LogP contribution >= 0.6 is 12.4 Å². The van der Waals surface area contributed by atoms with Gasteiger partial charge in [0.2, 0.25) is 0 Å². The van der Waals surface area contributed by atoms with Crippen LogP contribution in [0, 0.1) is 12.8 Å². The average Bonchev–Trinajstić information content (AvgIpc) is 2.53. The van der Waals surface area contributed by atoms with Gasteiger partial charge in [-0.3, -0.25) is 9.52 Å². The summed E-state index contributed by atoms with van der Waals surface area (Å²) >= 11 is 0. The van der Waals surface area contributed by atoms with Gasteiger partial charge in [0, 0.05) is 36.8 Å². The third-order valence-electron chi connectivity index (χ3n) is 4.09. The van der Waals surface area contributed by atoms with E-state index in [4.69, 9.17) is 0 Å². The Balaban J connectivity index is 0.00000243. The first kappa shape index (κ1) is 20.2. The number of hydrogen-bond donors (Lipinski definition) is 3. The molecule has 140 valence electrons. The van der Waals surface area contributed by atoms with Crippen molar-refractivity contribution in [3.05, 3.63) is 59.7 Å². The Morgan fingerprint density at radius 2 is 1.88 bits per heavy atom. The minimum absolute atomic E-state index is 0. The molecular formula is C18H22ClN3O3S. The molecule has 0 unspecified atom stereocenters. The Morgan fingerprint density at radius 1 is 1.15 bits per heavy atom. The first-order chi connectivity index (χ1) is 11.9. The Labute approximate surface area is 159 Å². The number of sulfonamides is 1. The summed E-state index contributed by atoms with van der Waals surface area (Å²) in [4.78, 5) is 12.3. The van der Waals surface area contributed by atoms with Gasteiger partial charge < -0.3 is 10.6 Å². The fourth-order valence-electron chi connectivity index (χ4n) is 2.56. The molecule has 0 radical (unpaired) electrons. The highest BCUT2D eigenvalue weighted by Gasteiger charge is 2.19. The number of aryl methyl sites for hydroxylation is 1. The molecule has 0 spiro atoms. The molecule has 8 heteroatoms. The smallest absolute Gasteiger partial charge is 0.261 e. The fourth-order valence-corrected chi connectivity index (χ4v) is 3.65. The molecule has 0 aromatic heterocycles. The summed E-state index contributed by atoms with van der Waals surface area (Å²) in [7, 11) is -3.75. The lowest BCUT2D eigenvalue weighted by molar-refractivity contribution is 0.0942. The Morgan fingerprint density at radius 3 is 2.54 bits per heavy atom. The standard InChI is InChI=1S/C18H21N3O3S.ClH/c1-13-4-2-6-16(8-13)21-25(23,24)17-7-3-5-15(9-17)18(22)20-12-14-10-19-11-14;/h2-9,14,19,21H,10-12H2,1H3,(H,20,22);1H. The van der Waals surface area contributed by atoms with Crippen molar-refractivity contribution < 1.29 is 13.2 Å². The van der Waals surface area contributed by atoms with Crippen LogP contribution in [0.1, 0.15) is 15.9 Å². The van der Waals surface area contributed by atoms with Crippen molar-refractivity contribution in [2.75, 3.05) is 24.4 Å². The minimum Gasteiger partial charge on any atom is -0.352 e. The van der Waals surface area contributed by atoms with Crippen LogP contribution in [-0.2, 0) is 10.0 Å². The predicted molar refractivity (Wildman–Crippen MR) is 104 cm³/mol. The minimum atomic E-state index is -3.75. The second-order valence-corrected chi connectivity index (χ2v) is 7.92. The van der Waals surface area contributed by atoms with Gasteiger partial charge in [0.05, 0.1) is 4.90 Å². The van der Waals surface area contributed by atoms with Crippen molar-refractivity contribution in [1.82, 2.24) is 10.6 Å². The molecule has 1 amide bonds. The summed E-state index contributed by atoms with van der Waals surface area (Å²) in [5, 5.41) is 5.98. The molecule has 1 heterocycles. The van der Waals surface area contributed by atoms with Gasteiger partial charge in [-0.2, -0.15) is 0 Å². The second-order valence-electron chi connectivity index (χ2n) is 6.24. The summed E-state index contributed by atoms with van der Waals surface area (Å²) in [5.41, 5.74) is 1.78. The molecule has 1 fully saturated rings. The average molecular weight is 396 g/mol. The van der Waals surface area contributed by atoms with Gasteiger partial charge in [-0.05, 0) is 42.8 Å². The van der Waals surface area contributed by atoms with E-state index < -0.39 is 10.0 Å². The van der Waals surface area contributed by atoms with Gasteiger partial charge in [0.15, 0.2) is 0 Å². The van der Waals surface area contributed by atoms with E-state index in [2.05, 4.69) is 15.4 Å². The highest BCUT2D eigenvalue weighted by molar-refractivity contribution is 7.92. The molecular weight excluding hydrogens is 374 g/mol. The van der Waals surface area contributed by atoms with E-state index in [9.17, 15) is 13.2 Å². The third-order valence-corrected chi connectivity index (χ3v) is 5.47. The molecule has 1 saturated heterocycles. The quantitative estimate of drug-likeness (QED) is 0.699. The molecule has 1 aliphatic heterocycles. The van der Waals surface area contributed by atoms with Crippen molar-refractivity contribution in [3.63, 3.8) is 0 Å². The molecule has 6 nitrogen and oxygen atoms in total. The topological polar surface area (TPSA) is 87.3 Å². The number of carbonyl (C=O) groups is 1. The normalized spacial score (nSPS) is 14.0. The highest BCUT2D eigenvalue weighted by atomic mass is 35.5. The molecule has 3 rings (SSSR count). The Bertz CT molecular complexity index is 883. The first-order valence-electron chi connectivity index (χ1n) is 8.12. The number of hydrogen-bond acceptors (Lipinski definition) is 4. The van der Waals surface area contributed by atoms with Crippen LogP contribution in [-0.4, -0.2) is 34.0 Å². The molecule has 3 N–H and O–H groups in total. The zero-order valence-electron chi connectivity index (χ0n) is 14.4. The predicted octanol–water partition coefficient (Wildman–Crippen LogP) is 2.17. The first-order valence-corrected chi connectivity index (χ1v) is 9.61. The van der Waals surface area contributed by atoms with Gasteiger partial charge >= 0.3 is 0 Å². The largest absolute Gasteiger partial charge is 0.352 e. The van der Waals surface area contributed by atoms with Crippen LogP contribution in [0.4, 0.5) is 5.69 Å². The van der Waals surface area contributed by atoms with Crippen molar-refractivity contribution >= 4 is 34.0 Å². The Hall–Kier alpha value is -2.09. The van der Waals surface area contributed by atoms with E-state index >= 15 is 0 Å². The van der Waals surface area contributed by atoms with Crippen molar-refractivity contribution in [1.29, 1.82) is 0 Å². The molecule has 2 aromatic carbocycles. The fraction of sp³-hybridized carbons (Fsp3) is 0.278. The van der Waals surface area contributed by atoms with E-state index in [0.29, 0.717) is 23.7 Å². The molecule has 0 atom stereocenters. The van der Waals surface area contributed by atoms with Crippen LogP contribution in [0.3, 0.4) is 0 Å². The molecule has 26 heavy (non-hydrogen) atoms. The lowest BCUT2D eigenvalue weighted by Crippen LogP contribution is -2.48. The zero-order chi connectivity index (χ0) is 17.9. The lowest BCUT2D eigenvalue weighted by Gasteiger charge is -2.27. The van der Waals surface area contributed by atoms with Gasteiger partial charge in [0.25, 0.3) is 15.9 Å². The third kappa shape index (κ3) is 4.97. The number of anilines is 1. The number of nitrogens with one attached hydrogen (secondary N) is 3. The molecule has 1 aliphatic rings. The number of halogens is 1. The summed E-state index contributed by atoms with van der Waals surface area (Å²) in [5.74, 6) is 0.179. The Kier molecular flexibility index (Phi) is 6.63. The van der Waals surface area contributed by atoms with Crippen molar-refractivity contribution in [3.8, 4) is 0 Å². The van der Waals surface area contributed by atoms with E-state index in [1.54, 1.807) is 30.3 Å². The lowest BCUT2D eigenvalue weighted by atomic mass is 10.0. The second kappa shape index (κ2) is 8.53. The maximum absolute atomic E-state index is 12.6. The monoisotopic (exact) mass is 395 g/mol. The van der Waals surface area contributed by atoms with Gasteiger partial charge in [-0.1, -0.05) is 18.2 Å². The SMILES string of the molecule is Cc1cccc(NS(=O)(=O)c2cccc(C(=O)NCC3CNC3)c2)c1.Cl. The van der Waals surface area contributed by atoms with Crippen LogP contribution in [0.5, 0.6) is 0 Å². The van der Waals surface area contributed by atoms with Gasteiger partial charge in [-0.25, -0.2) is 8.42 Å². The number of carbonyl (C=O) groups excluding carboxylic acids is 1. The molecule has 0 saturated carbocycles. The zero-order valence-corrected chi connectivity index (χ0v) is 16.0. The molecule has 2 aromatic rings.